The molecule has 0 amide bonds. The summed E-state index contributed by atoms with van der Waals surface area (Å²) < 4.78 is 5.39. The van der Waals surface area contributed by atoms with Gasteiger partial charge in [-0.1, -0.05) is 32.0 Å². The van der Waals surface area contributed by atoms with Gasteiger partial charge in [-0.05, 0) is 37.1 Å². The lowest BCUT2D eigenvalue weighted by Gasteiger charge is -2.27. The Morgan fingerprint density at radius 1 is 1.09 bits per heavy atom. The van der Waals surface area contributed by atoms with Crippen molar-refractivity contribution >= 4 is 17.2 Å². The van der Waals surface area contributed by atoms with E-state index < -0.39 is 0 Å². The fourth-order valence-corrected chi connectivity index (χ4v) is 2.47. The van der Waals surface area contributed by atoms with Crippen LogP contribution in [0.25, 0.3) is 0 Å². The monoisotopic (exact) mass is 297 g/mol. The number of Topliss-reactive ketones (excluding diaryl/α,β-unsaturated/α-hetero) is 1. The lowest BCUT2D eigenvalue weighted by molar-refractivity contribution is 0.101. The van der Waals surface area contributed by atoms with Gasteiger partial charge in [-0.25, -0.2) is 0 Å². The number of anilines is 2. The Balaban J connectivity index is 2.46. The molecular formula is C19H23NO2. The van der Waals surface area contributed by atoms with Crippen molar-refractivity contribution in [2.24, 2.45) is 5.92 Å². The summed E-state index contributed by atoms with van der Waals surface area (Å²) in [6, 6.07) is 16.0. The van der Waals surface area contributed by atoms with Crippen molar-refractivity contribution in [3.63, 3.8) is 0 Å². The predicted molar refractivity (Wildman–Crippen MR) is 91.3 cm³/mol. The van der Waals surface area contributed by atoms with Crippen molar-refractivity contribution in [2.45, 2.75) is 20.8 Å². The normalized spacial score (nSPS) is 10.6. The summed E-state index contributed by atoms with van der Waals surface area (Å²) in [4.78, 5) is 13.9. The van der Waals surface area contributed by atoms with Gasteiger partial charge in [0.15, 0.2) is 5.78 Å². The van der Waals surface area contributed by atoms with Crippen LogP contribution in [0.3, 0.4) is 0 Å². The molecule has 0 spiro atoms. The van der Waals surface area contributed by atoms with Crippen molar-refractivity contribution in [2.75, 3.05) is 18.6 Å². The first-order valence-corrected chi connectivity index (χ1v) is 7.54. The van der Waals surface area contributed by atoms with Crippen LogP contribution in [-0.2, 0) is 0 Å². The number of methoxy groups -OCH3 is 1. The number of para-hydroxylation sites is 1. The van der Waals surface area contributed by atoms with Crippen molar-refractivity contribution in [3.8, 4) is 5.75 Å². The highest BCUT2D eigenvalue weighted by molar-refractivity contribution is 5.97. The molecule has 0 saturated heterocycles. The van der Waals surface area contributed by atoms with Gasteiger partial charge in [0.2, 0.25) is 0 Å². The predicted octanol–water partition coefficient (Wildman–Crippen LogP) is 4.69. The molecule has 0 aliphatic heterocycles. The van der Waals surface area contributed by atoms with Gasteiger partial charge >= 0.3 is 0 Å². The fraction of sp³-hybridized carbons (Fsp3) is 0.316. The molecule has 2 aromatic carbocycles. The minimum absolute atomic E-state index is 0.0125. The van der Waals surface area contributed by atoms with E-state index in [0.717, 1.165) is 17.9 Å². The maximum Gasteiger partial charge on any atom is 0.163 e. The second-order valence-electron chi connectivity index (χ2n) is 5.78. The molecule has 3 heteroatoms. The number of hydrogen-bond donors (Lipinski definition) is 0. The van der Waals surface area contributed by atoms with Gasteiger partial charge in [0, 0.05) is 24.0 Å². The van der Waals surface area contributed by atoms with Crippen LogP contribution in [0, 0.1) is 5.92 Å². The molecule has 0 N–H and O–H groups in total. The number of hydrogen-bond acceptors (Lipinski definition) is 3. The molecule has 0 heterocycles. The molecular weight excluding hydrogens is 274 g/mol. The first kappa shape index (κ1) is 16.1. The third kappa shape index (κ3) is 3.67. The molecule has 0 fully saturated rings. The van der Waals surface area contributed by atoms with E-state index in [-0.39, 0.29) is 5.78 Å². The van der Waals surface area contributed by atoms with Crippen LogP contribution in [0.1, 0.15) is 31.1 Å². The van der Waals surface area contributed by atoms with E-state index in [9.17, 15) is 4.79 Å². The Hall–Kier alpha value is -2.29. The Labute approximate surface area is 132 Å². The lowest BCUT2D eigenvalue weighted by atomic mass is 10.1. The van der Waals surface area contributed by atoms with Crippen LogP contribution in [0.2, 0.25) is 0 Å². The third-order valence-electron chi connectivity index (χ3n) is 3.49. The van der Waals surface area contributed by atoms with Crippen LogP contribution < -0.4 is 9.64 Å². The van der Waals surface area contributed by atoms with Gasteiger partial charge in [0.25, 0.3) is 0 Å². The lowest BCUT2D eigenvalue weighted by Crippen LogP contribution is -2.22. The van der Waals surface area contributed by atoms with E-state index in [1.54, 1.807) is 14.0 Å². The molecule has 3 nitrogen and oxygen atoms in total. The van der Waals surface area contributed by atoms with Crippen molar-refractivity contribution in [1.82, 2.24) is 0 Å². The first-order chi connectivity index (χ1) is 10.5. The average Bonchev–Trinajstić information content (AvgIpc) is 2.52. The van der Waals surface area contributed by atoms with Gasteiger partial charge < -0.3 is 9.64 Å². The molecule has 0 aliphatic rings. The van der Waals surface area contributed by atoms with Crippen LogP contribution in [0.4, 0.5) is 11.4 Å². The van der Waals surface area contributed by atoms with Crippen molar-refractivity contribution in [3.05, 3.63) is 54.1 Å². The zero-order valence-corrected chi connectivity index (χ0v) is 13.7. The van der Waals surface area contributed by atoms with Crippen LogP contribution in [-0.4, -0.2) is 19.4 Å². The second kappa shape index (κ2) is 7.12. The largest absolute Gasteiger partial charge is 0.496 e. The molecule has 116 valence electrons. The highest BCUT2D eigenvalue weighted by atomic mass is 16.5. The first-order valence-electron chi connectivity index (χ1n) is 7.54. The standard InChI is InChI=1S/C19H23NO2/c1-14(2)13-20(16-8-6-5-7-9-16)17-10-11-18(15(3)21)19(12-17)22-4/h5-12,14H,13H2,1-4H3. The summed E-state index contributed by atoms with van der Waals surface area (Å²) in [6.07, 6.45) is 0. The Morgan fingerprint density at radius 2 is 1.77 bits per heavy atom. The summed E-state index contributed by atoms with van der Waals surface area (Å²) >= 11 is 0. The Morgan fingerprint density at radius 3 is 2.32 bits per heavy atom. The summed E-state index contributed by atoms with van der Waals surface area (Å²) in [5.41, 5.74) is 2.78. The van der Waals surface area contributed by atoms with Gasteiger partial charge in [0.1, 0.15) is 5.75 Å². The van der Waals surface area contributed by atoms with E-state index in [1.165, 1.54) is 0 Å². The highest BCUT2D eigenvalue weighted by Gasteiger charge is 2.15. The maximum absolute atomic E-state index is 11.7. The zero-order valence-electron chi connectivity index (χ0n) is 13.7. The van der Waals surface area contributed by atoms with Crippen LogP contribution in [0.15, 0.2) is 48.5 Å². The number of ether oxygens (including phenoxy) is 1. The van der Waals surface area contributed by atoms with Gasteiger partial charge in [-0.15, -0.1) is 0 Å². The minimum atomic E-state index is 0.0125. The van der Waals surface area contributed by atoms with Crippen LogP contribution in [0.5, 0.6) is 5.75 Å². The average molecular weight is 297 g/mol. The molecule has 0 atom stereocenters. The molecule has 0 unspecified atom stereocenters. The molecule has 0 saturated carbocycles. The SMILES string of the molecule is COc1cc(N(CC(C)C)c2ccccc2)ccc1C(C)=O. The fourth-order valence-electron chi connectivity index (χ4n) is 2.47. The van der Waals surface area contributed by atoms with Gasteiger partial charge in [-0.2, -0.15) is 0 Å². The van der Waals surface area contributed by atoms with Crippen molar-refractivity contribution in [1.29, 1.82) is 0 Å². The minimum Gasteiger partial charge on any atom is -0.496 e. The van der Waals surface area contributed by atoms with E-state index in [2.05, 4.69) is 30.9 Å². The quantitative estimate of drug-likeness (QED) is 0.724. The number of ketones is 1. The van der Waals surface area contributed by atoms with E-state index >= 15 is 0 Å². The number of carbonyl (C=O) groups is 1. The number of rotatable bonds is 6. The molecule has 0 aromatic heterocycles. The van der Waals surface area contributed by atoms with Crippen LogP contribution >= 0.6 is 0 Å². The smallest absolute Gasteiger partial charge is 0.163 e. The maximum atomic E-state index is 11.7. The van der Waals surface area contributed by atoms with Gasteiger partial charge in [-0.3, -0.25) is 4.79 Å². The van der Waals surface area contributed by atoms with E-state index in [0.29, 0.717) is 17.2 Å². The van der Waals surface area contributed by atoms with Gasteiger partial charge in [0.05, 0.1) is 12.7 Å². The molecule has 2 aromatic rings. The molecule has 0 aliphatic carbocycles. The Bertz CT molecular complexity index is 635. The number of nitrogens with zero attached hydrogens (tertiary/aromatic N) is 1. The summed E-state index contributed by atoms with van der Waals surface area (Å²) in [5, 5.41) is 0. The molecule has 2 rings (SSSR count). The number of carbonyl (C=O) groups excluding carboxylic acids is 1. The summed E-state index contributed by atoms with van der Waals surface area (Å²) in [7, 11) is 1.60. The zero-order chi connectivity index (χ0) is 16.1. The molecule has 0 radical (unpaired) electrons. The highest BCUT2D eigenvalue weighted by Crippen LogP contribution is 2.31. The topological polar surface area (TPSA) is 29.5 Å². The Kier molecular flexibility index (Phi) is 5.21. The molecule has 22 heavy (non-hydrogen) atoms. The van der Waals surface area contributed by atoms with Crippen molar-refractivity contribution < 1.29 is 9.53 Å². The van der Waals surface area contributed by atoms with E-state index in [1.807, 2.05) is 36.4 Å². The summed E-state index contributed by atoms with van der Waals surface area (Å²) in [6.45, 7) is 6.83. The second-order valence-corrected chi connectivity index (χ2v) is 5.78. The van der Waals surface area contributed by atoms with E-state index in [4.69, 9.17) is 4.74 Å². The summed E-state index contributed by atoms with van der Waals surface area (Å²) in [5.74, 6) is 1.15. The number of benzene rings is 2. The third-order valence-corrected chi connectivity index (χ3v) is 3.49. The molecule has 0 bridgehead atoms.